The summed E-state index contributed by atoms with van der Waals surface area (Å²) in [6, 6.07) is 13.4. The highest BCUT2D eigenvalue weighted by Crippen LogP contribution is 2.29. The molecule has 35 heavy (non-hydrogen) atoms. The number of benzene rings is 2. The summed E-state index contributed by atoms with van der Waals surface area (Å²) in [5.74, 6) is -0.185. The fourth-order valence-electron chi connectivity index (χ4n) is 3.94. The molecule has 2 amide bonds. The lowest BCUT2D eigenvalue weighted by molar-refractivity contribution is 0.0935. The zero-order valence-corrected chi connectivity index (χ0v) is 20.1. The van der Waals surface area contributed by atoms with Crippen LogP contribution in [-0.2, 0) is 0 Å². The van der Waals surface area contributed by atoms with Crippen LogP contribution in [-0.4, -0.2) is 43.4 Å². The number of hydrogen-bond donors (Lipinski definition) is 2. The molecule has 2 aromatic carbocycles. The average Bonchev–Trinajstić information content (AvgIpc) is 3.58. The van der Waals surface area contributed by atoms with Crippen molar-refractivity contribution in [3.05, 3.63) is 71.8 Å². The molecule has 1 aliphatic rings. The van der Waals surface area contributed by atoms with E-state index in [-0.39, 0.29) is 23.9 Å². The van der Waals surface area contributed by atoms with Gasteiger partial charge >= 0.3 is 0 Å². The van der Waals surface area contributed by atoms with Gasteiger partial charge in [0, 0.05) is 34.5 Å². The van der Waals surface area contributed by atoms with Crippen LogP contribution in [0.5, 0.6) is 0 Å². The highest BCUT2D eigenvalue weighted by atomic mass is 16.2. The van der Waals surface area contributed by atoms with Crippen molar-refractivity contribution >= 4 is 23.0 Å². The Labute approximate surface area is 203 Å². The number of hydrogen-bond acceptors (Lipinski definition) is 5. The van der Waals surface area contributed by atoms with Gasteiger partial charge in [-0.3, -0.25) is 14.2 Å². The molecule has 1 saturated carbocycles. The van der Waals surface area contributed by atoms with Gasteiger partial charge in [0.05, 0.1) is 0 Å². The number of imidazole rings is 1. The average molecular weight is 469 g/mol. The van der Waals surface area contributed by atoms with Crippen LogP contribution in [0, 0.1) is 6.92 Å². The molecule has 8 heteroatoms. The minimum Gasteiger partial charge on any atom is -0.350 e. The number of carbonyl (C=O) groups excluding carboxylic acids is 2. The standard InChI is InChI=1S/C27H28N6O2/c1-4-17(3)31-26(34)18-6-5-7-21(12-18)33-15-30-24-23(28-14-29-25(24)33)22-13-19(9-8-16(22)2)27(35)32-20-10-11-20/h5-9,12-15,17,20H,4,10-11H2,1-3H3,(H,31,34)(H,32,35). The molecule has 4 aromatic rings. The van der Waals surface area contributed by atoms with E-state index in [9.17, 15) is 9.59 Å². The van der Waals surface area contributed by atoms with Crippen LogP contribution >= 0.6 is 0 Å². The Hall–Kier alpha value is -4.07. The summed E-state index contributed by atoms with van der Waals surface area (Å²) in [6.45, 7) is 6.01. The molecule has 0 saturated heterocycles. The molecule has 0 bridgehead atoms. The smallest absolute Gasteiger partial charge is 0.251 e. The summed E-state index contributed by atoms with van der Waals surface area (Å²) in [7, 11) is 0. The van der Waals surface area contributed by atoms with Crippen molar-refractivity contribution in [3.8, 4) is 16.9 Å². The molecule has 1 fully saturated rings. The van der Waals surface area contributed by atoms with E-state index in [4.69, 9.17) is 0 Å². The number of aryl methyl sites for hydroxylation is 1. The Bertz CT molecular complexity index is 1420. The molecule has 1 unspecified atom stereocenters. The topological polar surface area (TPSA) is 102 Å². The van der Waals surface area contributed by atoms with Gasteiger partial charge in [-0.1, -0.05) is 19.1 Å². The molecule has 178 valence electrons. The lowest BCUT2D eigenvalue weighted by Crippen LogP contribution is -2.31. The summed E-state index contributed by atoms with van der Waals surface area (Å²) in [5, 5.41) is 6.04. The minimum absolute atomic E-state index is 0.0722. The molecule has 1 aliphatic carbocycles. The van der Waals surface area contributed by atoms with Crippen LogP contribution < -0.4 is 10.6 Å². The number of nitrogens with zero attached hydrogens (tertiary/aromatic N) is 4. The van der Waals surface area contributed by atoms with Crippen molar-refractivity contribution in [2.24, 2.45) is 0 Å². The monoisotopic (exact) mass is 468 g/mol. The molecule has 0 spiro atoms. The summed E-state index contributed by atoms with van der Waals surface area (Å²) >= 11 is 0. The maximum Gasteiger partial charge on any atom is 0.251 e. The van der Waals surface area contributed by atoms with Crippen molar-refractivity contribution in [2.45, 2.75) is 52.1 Å². The van der Waals surface area contributed by atoms with E-state index in [0.29, 0.717) is 28.0 Å². The van der Waals surface area contributed by atoms with Gasteiger partial charge in [-0.25, -0.2) is 15.0 Å². The van der Waals surface area contributed by atoms with Crippen molar-refractivity contribution in [3.63, 3.8) is 0 Å². The fraction of sp³-hybridized carbons (Fsp3) is 0.296. The minimum atomic E-state index is -0.113. The van der Waals surface area contributed by atoms with Crippen LogP contribution in [0.25, 0.3) is 28.1 Å². The van der Waals surface area contributed by atoms with Gasteiger partial charge in [-0.2, -0.15) is 0 Å². The zero-order chi connectivity index (χ0) is 24.5. The molecule has 8 nitrogen and oxygen atoms in total. The van der Waals surface area contributed by atoms with Gasteiger partial charge in [-0.05, 0) is 69.0 Å². The molecular weight excluding hydrogens is 440 g/mol. The summed E-state index contributed by atoms with van der Waals surface area (Å²) < 4.78 is 1.85. The third kappa shape index (κ3) is 4.64. The van der Waals surface area contributed by atoms with E-state index >= 15 is 0 Å². The maximum absolute atomic E-state index is 12.6. The second kappa shape index (κ2) is 9.29. The normalized spacial score (nSPS) is 14.0. The highest BCUT2D eigenvalue weighted by Gasteiger charge is 2.24. The van der Waals surface area contributed by atoms with Crippen molar-refractivity contribution in [2.75, 3.05) is 0 Å². The Morgan fingerprint density at radius 3 is 2.63 bits per heavy atom. The molecular formula is C27H28N6O2. The Kier molecular flexibility index (Phi) is 6.03. The second-order valence-corrected chi connectivity index (χ2v) is 9.12. The first kappa shape index (κ1) is 22.7. The van der Waals surface area contributed by atoms with E-state index in [1.165, 1.54) is 6.33 Å². The van der Waals surface area contributed by atoms with Crippen molar-refractivity contribution < 1.29 is 9.59 Å². The Morgan fingerprint density at radius 1 is 1.06 bits per heavy atom. The molecule has 2 heterocycles. The molecule has 2 N–H and O–H groups in total. The van der Waals surface area contributed by atoms with Gasteiger partial charge in [0.2, 0.25) is 0 Å². The van der Waals surface area contributed by atoms with Crippen LogP contribution in [0.15, 0.2) is 55.1 Å². The molecule has 0 radical (unpaired) electrons. The third-order valence-corrected chi connectivity index (χ3v) is 6.38. The molecule has 1 atom stereocenters. The quantitative estimate of drug-likeness (QED) is 0.423. The SMILES string of the molecule is CCC(C)NC(=O)c1cccc(-n2cnc3c(-c4cc(C(=O)NC5CC5)ccc4C)ncnc32)c1. The highest BCUT2D eigenvalue weighted by molar-refractivity contribution is 5.98. The van der Waals surface area contributed by atoms with Crippen molar-refractivity contribution in [1.29, 1.82) is 0 Å². The number of amides is 2. The van der Waals surface area contributed by atoms with Crippen LogP contribution in [0.1, 0.15) is 59.4 Å². The van der Waals surface area contributed by atoms with Crippen molar-refractivity contribution in [1.82, 2.24) is 30.2 Å². The number of aromatic nitrogens is 4. The van der Waals surface area contributed by atoms with Crippen LogP contribution in [0.4, 0.5) is 0 Å². The number of fused-ring (bicyclic) bond motifs is 1. The van der Waals surface area contributed by atoms with Gasteiger partial charge in [-0.15, -0.1) is 0 Å². The first-order valence-electron chi connectivity index (χ1n) is 12.0. The molecule has 2 aromatic heterocycles. The Balaban J connectivity index is 1.52. The van der Waals surface area contributed by atoms with E-state index in [2.05, 4.69) is 25.6 Å². The lowest BCUT2D eigenvalue weighted by Gasteiger charge is -2.12. The predicted molar refractivity (Wildman–Crippen MR) is 135 cm³/mol. The van der Waals surface area contributed by atoms with Gasteiger partial charge in [0.15, 0.2) is 5.65 Å². The second-order valence-electron chi connectivity index (χ2n) is 9.12. The van der Waals surface area contributed by atoms with Crippen LogP contribution in [0.3, 0.4) is 0 Å². The first-order chi connectivity index (χ1) is 16.9. The van der Waals surface area contributed by atoms with E-state index in [1.807, 2.05) is 61.7 Å². The van der Waals surface area contributed by atoms with Crippen LogP contribution in [0.2, 0.25) is 0 Å². The van der Waals surface area contributed by atoms with E-state index < -0.39 is 0 Å². The molecule has 0 aliphatic heterocycles. The molecule has 5 rings (SSSR count). The maximum atomic E-state index is 12.6. The van der Waals surface area contributed by atoms with E-state index in [1.54, 1.807) is 12.4 Å². The van der Waals surface area contributed by atoms with Gasteiger partial charge in [0.25, 0.3) is 11.8 Å². The number of carbonyl (C=O) groups is 2. The zero-order valence-electron chi connectivity index (χ0n) is 20.1. The Morgan fingerprint density at radius 2 is 1.86 bits per heavy atom. The van der Waals surface area contributed by atoms with Gasteiger partial charge in [0.1, 0.15) is 23.9 Å². The first-order valence-corrected chi connectivity index (χ1v) is 12.0. The summed E-state index contributed by atoms with van der Waals surface area (Å²) in [5.41, 5.74) is 5.71. The predicted octanol–water partition coefficient (Wildman–Crippen LogP) is 4.21. The lowest BCUT2D eigenvalue weighted by atomic mass is 10.0. The number of rotatable bonds is 7. The third-order valence-electron chi connectivity index (χ3n) is 6.38. The summed E-state index contributed by atoms with van der Waals surface area (Å²) in [6.07, 6.45) is 6.13. The van der Waals surface area contributed by atoms with E-state index in [0.717, 1.165) is 36.1 Å². The van der Waals surface area contributed by atoms with Gasteiger partial charge < -0.3 is 10.6 Å². The summed E-state index contributed by atoms with van der Waals surface area (Å²) in [4.78, 5) is 38.9. The number of nitrogens with one attached hydrogen (secondary N) is 2. The fourth-order valence-corrected chi connectivity index (χ4v) is 3.94. The largest absolute Gasteiger partial charge is 0.350 e.